The van der Waals surface area contributed by atoms with E-state index in [0.29, 0.717) is 25.4 Å². The Morgan fingerprint density at radius 1 is 1.32 bits per heavy atom. The van der Waals surface area contributed by atoms with Crippen LogP contribution in [0.4, 0.5) is 4.39 Å². The Morgan fingerprint density at radius 3 is 2.82 bits per heavy atom. The first-order chi connectivity index (χ1) is 13.5. The fourth-order valence-corrected chi connectivity index (χ4v) is 3.59. The summed E-state index contributed by atoms with van der Waals surface area (Å²) in [4.78, 5) is 28.8. The number of furan rings is 1. The van der Waals surface area contributed by atoms with Crippen LogP contribution in [0, 0.1) is 11.7 Å². The van der Waals surface area contributed by atoms with Gasteiger partial charge < -0.3 is 19.5 Å². The molecule has 1 aromatic carbocycles. The normalized spacial score (nSPS) is 18.1. The lowest BCUT2D eigenvalue weighted by Crippen LogP contribution is -2.46. The number of piperidine rings is 1. The first-order valence-electron chi connectivity index (χ1n) is 9.48. The highest BCUT2D eigenvalue weighted by molar-refractivity contribution is 5.92. The van der Waals surface area contributed by atoms with E-state index in [1.165, 1.54) is 18.4 Å². The number of likely N-dealkylation sites (N-methyl/N-ethyl adjacent to an activating group) is 1. The summed E-state index contributed by atoms with van der Waals surface area (Å²) in [5.74, 6) is -0.536. The van der Waals surface area contributed by atoms with Gasteiger partial charge in [-0.25, -0.2) is 4.39 Å². The van der Waals surface area contributed by atoms with Crippen molar-refractivity contribution < 1.29 is 18.4 Å². The minimum Gasteiger partial charge on any atom is -0.459 e. The minimum absolute atomic E-state index is 0.0832. The molecule has 0 spiro atoms. The third kappa shape index (κ3) is 4.78. The summed E-state index contributed by atoms with van der Waals surface area (Å²) >= 11 is 0. The zero-order valence-corrected chi connectivity index (χ0v) is 16.2. The molecule has 0 saturated carbocycles. The van der Waals surface area contributed by atoms with Crippen LogP contribution in [-0.4, -0.2) is 55.3 Å². The van der Waals surface area contributed by atoms with Crippen LogP contribution in [0.3, 0.4) is 0 Å². The molecule has 1 aromatic heterocycles. The Labute approximate surface area is 164 Å². The average molecular weight is 387 g/mol. The van der Waals surface area contributed by atoms with Crippen molar-refractivity contribution in [3.8, 4) is 0 Å². The van der Waals surface area contributed by atoms with Crippen LogP contribution in [0.1, 0.15) is 35.0 Å². The molecule has 0 unspecified atom stereocenters. The quantitative estimate of drug-likeness (QED) is 0.828. The van der Waals surface area contributed by atoms with Gasteiger partial charge in [0.05, 0.1) is 18.2 Å². The van der Waals surface area contributed by atoms with E-state index in [2.05, 4.69) is 5.32 Å². The fraction of sp³-hybridized carbons (Fsp3) is 0.429. The maximum Gasteiger partial charge on any atom is 0.289 e. The van der Waals surface area contributed by atoms with Gasteiger partial charge in [-0.3, -0.25) is 9.59 Å². The maximum absolute atomic E-state index is 13.6. The first kappa shape index (κ1) is 20.1. The number of rotatable bonds is 6. The third-order valence-corrected chi connectivity index (χ3v) is 5.14. The molecule has 2 heterocycles. The number of benzene rings is 1. The van der Waals surface area contributed by atoms with Crippen LogP contribution >= 0.6 is 0 Å². The Hall–Kier alpha value is -2.67. The summed E-state index contributed by atoms with van der Waals surface area (Å²) < 4.78 is 18.7. The van der Waals surface area contributed by atoms with Gasteiger partial charge in [0.1, 0.15) is 5.82 Å². The summed E-state index contributed by atoms with van der Waals surface area (Å²) in [5, 5.41) is 2.98. The molecule has 1 fully saturated rings. The Morgan fingerprint density at radius 2 is 2.14 bits per heavy atom. The zero-order valence-electron chi connectivity index (χ0n) is 16.2. The van der Waals surface area contributed by atoms with E-state index in [4.69, 9.17) is 4.42 Å². The largest absolute Gasteiger partial charge is 0.459 e. The molecule has 7 heteroatoms. The number of nitrogens with one attached hydrogen (secondary N) is 1. The molecule has 1 N–H and O–H groups in total. The van der Waals surface area contributed by atoms with Gasteiger partial charge in [0.2, 0.25) is 5.91 Å². The predicted molar refractivity (Wildman–Crippen MR) is 103 cm³/mol. The highest BCUT2D eigenvalue weighted by Gasteiger charge is 2.30. The molecule has 2 amide bonds. The van der Waals surface area contributed by atoms with Crippen LogP contribution in [0.2, 0.25) is 0 Å². The zero-order chi connectivity index (χ0) is 20.1. The summed E-state index contributed by atoms with van der Waals surface area (Å²) in [6, 6.07) is 9.58. The molecule has 2 atom stereocenters. The van der Waals surface area contributed by atoms with Crippen LogP contribution in [0.5, 0.6) is 0 Å². The number of carbonyl (C=O) groups is 2. The van der Waals surface area contributed by atoms with Gasteiger partial charge in [-0.1, -0.05) is 12.1 Å². The number of carbonyl (C=O) groups excluding carboxylic acids is 2. The van der Waals surface area contributed by atoms with Crippen molar-refractivity contribution in [1.29, 1.82) is 0 Å². The molecule has 150 valence electrons. The molecule has 3 rings (SSSR count). The summed E-state index contributed by atoms with van der Waals surface area (Å²) in [5.41, 5.74) is 0.809. The third-order valence-electron chi connectivity index (χ3n) is 5.14. The van der Waals surface area contributed by atoms with Crippen molar-refractivity contribution in [2.75, 3.05) is 33.7 Å². The fourth-order valence-electron chi connectivity index (χ4n) is 3.59. The van der Waals surface area contributed by atoms with E-state index in [1.54, 1.807) is 23.1 Å². The molecular weight excluding hydrogens is 361 g/mol. The molecule has 1 aliphatic heterocycles. The van der Waals surface area contributed by atoms with Crippen molar-refractivity contribution in [2.45, 2.75) is 18.9 Å². The smallest absolute Gasteiger partial charge is 0.289 e. The number of nitrogens with zero attached hydrogens (tertiary/aromatic N) is 2. The standard InChI is InChI=1S/C21H26FN3O3/c1-24(2)18(15-6-3-8-17(22)12-15)13-23-20(26)16-7-4-10-25(14-16)21(27)19-9-5-11-28-19/h3,5-6,8-9,11-12,16,18H,4,7,10,13-14H2,1-2H3,(H,23,26)/t16-,18+/m1/s1. The van der Waals surface area contributed by atoms with E-state index in [0.717, 1.165) is 18.4 Å². The number of hydrogen-bond donors (Lipinski definition) is 1. The van der Waals surface area contributed by atoms with Gasteiger partial charge in [-0.2, -0.15) is 0 Å². The first-order valence-corrected chi connectivity index (χ1v) is 9.48. The number of halogens is 1. The van der Waals surface area contributed by atoms with Crippen molar-refractivity contribution in [3.05, 3.63) is 59.8 Å². The number of hydrogen-bond acceptors (Lipinski definition) is 4. The average Bonchev–Trinajstić information content (AvgIpc) is 3.22. The maximum atomic E-state index is 13.6. The summed E-state index contributed by atoms with van der Waals surface area (Å²) in [6.45, 7) is 1.36. The second-order valence-electron chi connectivity index (χ2n) is 7.35. The van der Waals surface area contributed by atoms with E-state index in [9.17, 15) is 14.0 Å². The monoisotopic (exact) mass is 387 g/mol. The van der Waals surface area contributed by atoms with Crippen LogP contribution in [0.25, 0.3) is 0 Å². The highest BCUT2D eigenvalue weighted by Crippen LogP contribution is 2.21. The van der Waals surface area contributed by atoms with Crippen molar-refractivity contribution >= 4 is 11.8 Å². The lowest BCUT2D eigenvalue weighted by atomic mass is 9.96. The van der Waals surface area contributed by atoms with E-state index in [1.807, 2.05) is 25.1 Å². The number of likely N-dealkylation sites (tertiary alicyclic amines) is 1. The van der Waals surface area contributed by atoms with Gasteiger partial charge in [0.25, 0.3) is 5.91 Å². The molecular formula is C21H26FN3O3. The Bertz CT molecular complexity index is 807. The van der Waals surface area contributed by atoms with Gasteiger partial charge >= 0.3 is 0 Å². The molecule has 6 nitrogen and oxygen atoms in total. The van der Waals surface area contributed by atoms with E-state index in [-0.39, 0.29) is 29.6 Å². The Kier molecular flexibility index (Phi) is 6.46. The molecule has 1 aliphatic rings. The van der Waals surface area contributed by atoms with Gasteiger partial charge in [-0.15, -0.1) is 0 Å². The van der Waals surface area contributed by atoms with E-state index < -0.39 is 0 Å². The topological polar surface area (TPSA) is 65.8 Å². The van der Waals surface area contributed by atoms with Gasteiger partial charge in [0, 0.05) is 19.6 Å². The van der Waals surface area contributed by atoms with Crippen molar-refractivity contribution in [1.82, 2.24) is 15.1 Å². The van der Waals surface area contributed by atoms with Crippen molar-refractivity contribution in [2.24, 2.45) is 5.92 Å². The molecule has 2 aromatic rings. The van der Waals surface area contributed by atoms with Crippen LogP contribution < -0.4 is 5.32 Å². The Balaban J connectivity index is 1.59. The molecule has 0 aliphatic carbocycles. The number of amides is 2. The molecule has 0 radical (unpaired) electrons. The highest BCUT2D eigenvalue weighted by atomic mass is 19.1. The van der Waals surface area contributed by atoms with E-state index >= 15 is 0 Å². The predicted octanol–water partition coefficient (Wildman–Crippen LogP) is 2.69. The second-order valence-corrected chi connectivity index (χ2v) is 7.35. The van der Waals surface area contributed by atoms with Gasteiger partial charge in [-0.05, 0) is 56.8 Å². The minimum atomic E-state index is -0.296. The van der Waals surface area contributed by atoms with Crippen LogP contribution in [0.15, 0.2) is 47.1 Å². The SMILES string of the molecule is CN(C)[C@@H](CNC(=O)[C@@H]1CCCN(C(=O)c2ccco2)C1)c1cccc(F)c1. The van der Waals surface area contributed by atoms with Crippen LogP contribution in [-0.2, 0) is 4.79 Å². The molecule has 1 saturated heterocycles. The lowest BCUT2D eigenvalue weighted by molar-refractivity contribution is -0.126. The van der Waals surface area contributed by atoms with Crippen molar-refractivity contribution in [3.63, 3.8) is 0 Å². The second kappa shape index (κ2) is 9.01. The van der Waals surface area contributed by atoms with Gasteiger partial charge in [0.15, 0.2) is 5.76 Å². The summed E-state index contributed by atoms with van der Waals surface area (Å²) in [6.07, 6.45) is 2.97. The molecule has 28 heavy (non-hydrogen) atoms. The summed E-state index contributed by atoms with van der Waals surface area (Å²) in [7, 11) is 3.79. The molecule has 0 bridgehead atoms. The lowest BCUT2D eigenvalue weighted by Gasteiger charge is -2.32.